The number of hydrogen-bond acceptors (Lipinski definition) is 4. The Balaban J connectivity index is 2.13. The summed E-state index contributed by atoms with van der Waals surface area (Å²) >= 11 is 5.84. The van der Waals surface area contributed by atoms with Crippen molar-refractivity contribution < 1.29 is 4.42 Å². The van der Waals surface area contributed by atoms with Crippen molar-refractivity contribution in [2.75, 3.05) is 11.4 Å². The Hall–Kier alpha value is -0.770. The molecule has 78 valence electrons. The Bertz CT molecular complexity index is 309. The first-order valence-corrected chi connectivity index (χ1v) is 5.40. The summed E-state index contributed by atoms with van der Waals surface area (Å²) in [5.74, 6) is 0.501. The van der Waals surface area contributed by atoms with E-state index in [1.165, 1.54) is 12.8 Å². The average molecular weight is 216 g/mol. The van der Waals surface area contributed by atoms with Gasteiger partial charge in [0.1, 0.15) is 5.38 Å². The fourth-order valence-electron chi connectivity index (χ4n) is 1.44. The van der Waals surface area contributed by atoms with Crippen LogP contribution < -0.4 is 4.90 Å². The van der Waals surface area contributed by atoms with Crippen LogP contribution in [0.1, 0.15) is 38.0 Å². The Morgan fingerprint density at radius 2 is 2.29 bits per heavy atom. The van der Waals surface area contributed by atoms with Crippen LogP contribution >= 0.6 is 11.6 Å². The van der Waals surface area contributed by atoms with Gasteiger partial charge in [-0.3, -0.25) is 0 Å². The van der Waals surface area contributed by atoms with Gasteiger partial charge in [-0.05, 0) is 26.7 Å². The molecule has 1 heterocycles. The van der Waals surface area contributed by atoms with E-state index in [-0.39, 0.29) is 5.38 Å². The Labute approximate surface area is 88.2 Å². The molecule has 4 nitrogen and oxygen atoms in total. The highest BCUT2D eigenvalue weighted by Crippen LogP contribution is 2.31. The van der Waals surface area contributed by atoms with Crippen molar-refractivity contribution in [1.29, 1.82) is 0 Å². The Morgan fingerprint density at radius 3 is 2.71 bits per heavy atom. The summed E-state index contributed by atoms with van der Waals surface area (Å²) in [6, 6.07) is 1.21. The summed E-state index contributed by atoms with van der Waals surface area (Å²) in [6.07, 6.45) is 2.45. The van der Waals surface area contributed by atoms with Crippen LogP contribution in [-0.2, 0) is 0 Å². The second-order valence-corrected chi connectivity index (χ2v) is 4.21. The highest BCUT2D eigenvalue weighted by Gasteiger charge is 2.31. The minimum atomic E-state index is -0.214. The van der Waals surface area contributed by atoms with E-state index in [0.29, 0.717) is 17.9 Å². The fourth-order valence-corrected chi connectivity index (χ4v) is 1.53. The maximum Gasteiger partial charge on any atom is 0.318 e. The van der Waals surface area contributed by atoms with E-state index >= 15 is 0 Å². The molecule has 0 saturated heterocycles. The quantitative estimate of drug-likeness (QED) is 0.724. The third-order valence-corrected chi connectivity index (χ3v) is 2.53. The lowest BCUT2D eigenvalue weighted by molar-refractivity contribution is 0.483. The van der Waals surface area contributed by atoms with E-state index in [9.17, 15) is 0 Å². The molecule has 1 aliphatic carbocycles. The van der Waals surface area contributed by atoms with Crippen LogP contribution in [0.3, 0.4) is 0 Å². The lowest BCUT2D eigenvalue weighted by Gasteiger charge is -2.16. The lowest BCUT2D eigenvalue weighted by atomic mass is 10.5. The van der Waals surface area contributed by atoms with Crippen molar-refractivity contribution >= 4 is 17.6 Å². The summed E-state index contributed by atoms with van der Waals surface area (Å²) < 4.78 is 5.47. The largest absolute Gasteiger partial charge is 0.406 e. The van der Waals surface area contributed by atoms with Crippen LogP contribution in [-0.4, -0.2) is 22.8 Å². The first kappa shape index (κ1) is 9.77. The molecule has 0 bridgehead atoms. The highest BCUT2D eigenvalue weighted by atomic mass is 35.5. The molecule has 2 rings (SSSR count). The Morgan fingerprint density at radius 1 is 1.57 bits per heavy atom. The molecule has 0 aromatic carbocycles. The van der Waals surface area contributed by atoms with Gasteiger partial charge in [-0.25, -0.2) is 0 Å². The molecule has 1 fully saturated rings. The van der Waals surface area contributed by atoms with Gasteiger partial charge < -0.3 is 9.32 Å². The van der Waals surface area contributed by atoms with Crippen molar-refractivity contribution in [3.63, 3.8) is 0 Å². The van der Waals surface area contributed by atoms with Crippen LogP contribution in [0.2, 0.25) is 0 Å². The SMILES string of the molecule is CCN(c1nnc(C(C)Cl)o1)C1CC1. The number of rotatable bonds is 4. The minimum absolute atomic E-state index is 0.214. The zero-order valence-electron chi connectivity index (χ0n) is 8.40. The Kier molecular flexibility index (Phi) is 2.63. The minimum Gasteiger partial charge on any atom is -0.406 e. The first-order valence-electron chi connectivity index (χ1n) is 4.96. The summed E-state index contributed by atoms with van der Waals surface area (Å²) in [5.41, 5.74) is 0. The van der Waals surface area contributed by atoms with E-state index < -0.39 is 0 Å². The zero-order chi connectivity index (χ0) is 10.1. The smallest absolute Gasteiger partial charge is 0.318 e. The maximum absolute atomic E-state index is 5.84. The molecule has 0 amide bonds. The summed E-state index contributed by atoms with van der Waals surface area (Å²) in [5, 5.41) is 7.69. The molecule has 1 aromatic rings. The van der Waals surface area contributed by atoms with E-state index in [4.69, 9.17) is 16.0 Å². The van der Waals surface area contributed by atoms with Crippen molar-refractivity contribution in [2.24, 2.45) is 0 Å². The van der Waals surface area contributed by atoms with E-state index in [1.807, 2.05) is 6.92 Å². The second-order valence-electron chi connectivity index (χ2n) is 3.56. The van der Waals surface area contributed by atoms with Gasteiger partial charge in [0.25, 0.3) is 0 Å². The molecule has 1 aromatic heterocycles. The first-order chi connectivity index (χ1) is 6.72. The van der Waals surface area contributed by atoms with Crippen LogP contribution in [0, 0.1) is 0 Å². The molecule has 5 heteroatoms. The number of anilines is 1. The number of alkyl halides is 1. The second kappa shape index (κ2) is 3.77. The average Bonchev–Trinajstić information content (AvgIpc) is 2.84. The van der Waals surface area contributed by atoms with Crippen LogP contribution in [0.5, 0.6) is 0 Å². The molecule has 0 spiro atoms. The number of nitrogens with zero attached hydrogens (tertiary/aromatic N) is 3. The summed E-state index contributed by atoms with van der Waals surface area (Å²) in [4.78, 5) is 2.13. The molecule has 0 radical (unpaired) electrons. The third-order valence-electron chi connectivity index (χ3n) is 2.34. The van der Waals surface area contributed by atoms with Gasteiger partial charge in [0.2, 0.25) is 5.89 Å². The van der Waals surface area contributed by atoms with Gasteiger partial charge in [0.15, 0.2) is 0 Å². The van der Waals surface area contributed by atoms with E-state index in [1.54, 1.807) is 0 Å². The van der Waals surface area contributed by atoms with Gasteiger partial charge in [-0.1, -0.05) is 5.10 Å². The lowest BCUT2D eigenvalue weighted by Crippen LogP contribution is -2.25. The predicted molar refractivity (Wildman–Crippen MR) is 54.6 cm³/mol. The number of aromatic nitrogens is 2. The number of hydrogen-bond donors (Lipinski definition) is 0. The molecule has 1 saturated carbocycles. The summed E-state index contributed by atoms with van der Waals surface area (Å²) in [7, 11) is 0. The topological polar surface area (TPSA) is 42.2 Å². The fraction of sp³-hybridized carbons (Fsp3) is 0.778. The van der Waals surface area contributed by atoms with Gasteiger partial charge in [0, 0.05) is 12.6 Å². The van der Waals surface area contributed by atoms with E-state index in [2.05, 4.69) is 22.0 Å². The van der Waals surface area contributed by atoms with Gasteiger partial charge >= 0.3 is 6.01 Å². The van der Waals surface area contributed by atoms with Crippen molar-refractivity contribution in [3.05, 3.63) is 5.89 Å². The molecule has 1 atom stereocenters. The molecular formula is C9H14ClN3O. The maximum atomic E-state index is 5.84. The zero-order valence-corrected chi connectivity index (χ0v) is 9.16. The molecule has 1 unspecified atom stereocenters. The normalized spacial score (nSPS) is 18.2. The van der Waals surface area contributed by atoms with Crippen molar-refractivity contribution in [3.8, 4) is 0 Å². The van der Waals surface area contributed by atoms with Crippen LogP contribution in [0.15, 0.2) is 4.42 Å². The molecule has 0 aliphatic heterocycles. The standard InChI is InChI=1S/C9H14ClN3O/c1-3-13(7-4-5-7)9-12-11-8(14-9)6(2)10/h6-7H,3-5H2,1-2H3. The molecule has 0 N–H and O–H groups in total. The molecular weight excluding hydrogens is 202 g/mol. The monoisotopic (exact) mass is 215 g/mol. The van der Waals surface area contributed by atoms with Crippen LogP contribution in [0.4, 0.5) is 6.01 Å². The number of halogens is 1. The molecule has 1 aliphatic rings. The summed E-state index contributed by atoms with van der Waals surface area (Å²) in [6.45, 7) is 4.82. The van der Waals surface area contributed by atoms with E-state index in [0.717, 1.165) is 6.54 Å². The van der Waals surface area contributed by atoms with Gasteiger partial charge in [-0.15, -0.1) is 16.7 Å². The predicted octanol–water partition coefficient (Wildman–Crippen LogP) is 2.36. The highest BCUT2D eigenvalue weighted by molar-refractivity contribution is 6.20. The third kappa shape index (κ3) is 1.85. The van der Waals surface area contributed by atoms with Gasteiger partial charge in [-0.2, -0.15) is 0 Å². The molecule has 14 heavy (non-hydrogen) atoms. The van der Waals surface area contributed by atoms with Crippen molar-refractivity contribution in [2.45, 2.75) is 38.1 Å². The van der Waals surface area contributed by atoms with Crippen molar-refractivity contribution in [1.82, 2.24) is 10.2 Å². The van der Waals surface area contributed by atoms with Gasteiger partial charge in [0.05, 0.1) is 0 Å². The van der Waals surface area contributed by atoms with Crippen LogP contribution in [0.25, 0.3) is 0 Å².